The van der Waals surface area contributed by atoms with E-state index in [4.69, 9.17) is 48.5 Å². The molecule has 0 spiro atoms. The monoisotopic (exact) mass is 1010 g/mol. The maximum atomic E-state index is 10.6. The second kappa shape index (κ2) is 17.8. The lowest BCUT2D eigenvalue weighted by atomic mass is 9.81. The molecule has 0 N–H and O–H groups in total. The topological polar surface area (TPSA) is 32.8 Å². The first-order valence-corrected chi connectivity index (χ1v) is 23.4. The highest BCUT2D eigenvalue weighted by atomic mass is 35.5. The minimum Gasteiger partial charge on any atom is -0.454 e. The molecule has 0 fully saturated rings. The number of halogens is 2. The van der Waals surface area contributed by atoms with Gasteiger partial charge < -0.3 is 18.6 Å². The van der Waals surface area contributed by atoms with E-state index in [9.17, 15) is 19.2 Å². The fraction of sp³-hybridized carbons (Fsp3) is 0.182. The number of anilines is 6. The van der Waals surface area contributed by atoms with E-state index >= 15 is 0 Å². The van der Waals surface area contributed by atoms with Gasteiger partial charge in [-0.05, 0) is 123 Å². The summed E-state index contributed by atoms with van der Waals surface area (Å²) in [5, 5.41) is -2.15. The molecule has 2 heterocycles. The van der Waals surface area contributed by atoms with E-state index in [1.165, 1.54) is 18.2 Å². The Hall–Kier alpha value is -7.24. The molecule has 0 bridgehead atoms. The van der Waals surface area contributed by atoms with Crippen molar-refractivity contribution in [1.29, 1.82) is 0 Å². The minimum absolute atomic E-state index is 0.0329. The first-order chi connectivity index (χ1) is 45.2. The number of hydrogen-bond acceptors (Lipinski definition) is 4. The normalized spacial score (nSPS) is 17.4. The predicted molar refractivity (Wildman–Crippen MR) is 307 cm³/mol. The van der Waals surface area contributed by atoms with Gasteiger partial charge in [0.15, 0.2) is 11.2 Å². The summed E-state index contributed by atoms with van der Waals surface area (Å²) in [6, 6.07) is -13.3. The molecule has 9 aromatic carbocycles. The maximum Gasteiger partial charge on any atom is 0.160 e. The van der Waals surface area contributed by atoms with Gasteiger partial charge in [-0.3, -0.25) is 0 Å². The Morgan fingerprint density at radius 3 is 1.19 bits per heavy atom. The number of hydrogen-bond donors (Lipinski definition) is 0. The van der Waals surface area contributed by atoms with E-state index in [1.807, 2.05) is 0 Å². The highest BCUT2D eigenvalue weighted by Gasteiger charge is 2.34. The fourth-order valence-corrected chi connectivity index (χ4v) is 9.14. The lowest BCUT2D eigenvalue weighted by Crippen LogP contribution is -2.19. The Morgan fingerprint density at radius 2 is 0.806 bits per heavy atom. The quantitative estimate of drug-likeness (QED) is 0.152. The minimum atomic E-state index is -1.27. The fourth-order valence-electron chi connectivity index (χ4n) is 8.83. The summed E-state index contributed by atoms with van der Waals surface area (Å²) >= 11 is 13.9. The molecule has 0 aliphatic rings. The van der Waals surface area contributed by atoms with Crippen molar-refractivity contribution in [1.82, 2.24) is 0 Å². The van der Waals surface area contributed by atoms with E-state index in [1.54, 1.807) is 62.3 Å². The molecule has 0 aliphatic heterocycles. The van der Waals surface area contributed by atoms with Crippen LogP contribution in [-0.2, 0) is 16.2 Å². The molecule has 2 aromatic heterocycles. The van der Waals surface area contributed by atoms with Crippen LogP contribution in [0.25, 0.3) is 66.1 Å². The van der Waals surface area contributed by atoms with Crippen molar-refractivity contribution in [3.63, 3.8) is 0 Å². The van der Waals surface area contributed by atoms with Crippen LogP contribution in [0.3, 0.4) is 0 Å². The summed E-state index contributed by atoms with van der Waals surface area (Å²) < 4.78 is 257. The Morgan fingerprint density at radius 1 is 0.417 bits per heavy atom. The zero-order valence-corrected chi connectivity index (χ0v) is 41.9. The van der Waals surface area contributed by atoms with Gasteiger partial charge in [0.1, 0.15) is 11.2 Å². The molecule has 4 nitrogen and oxygen atoms in total. The third-order valence-electron chi connectivity index (χ3n) is 12.0. The number of nitrogens with zero attached hydrogens (tertiary/aromatic N) is 2. The lowest BCUT2D eigenvalue weighted by Gasteiger charge is -2.34. The number of benzene rings is 9. The van der Waals surface area contributed by atoms with E-state index in [-0.39, 0.29) is 49.6 Å². The molecular formula is C66H58Cl2N2O2. The standard InChI is InChI=1S/C66H58Cl2N2O2/c1-64(2,3)43-34-48(69(46-28-20-26-44(67)36-46)60-52(41-22-12-10-13-23-41)39-54(65(4,5)6)58-50-30-16-18-32-56(50)71-62(58)60)38-49(35-43)70(47-29-21-27-45(68)37-47)61-53(42-24-14-11-15-25-42)40-55(66(7,8)9)59-51-31-17-19-33-57(51)72-63(59)61/h10-40H,1-9H3/i10D,11D,12D,13D,14D,15D,16D,17D,18D,19D,20D,21D,22D,23D,24D,25D,26D,27D,30D,31D,32D,33D,36D,37D,39D,40D. The van der Waals surface area contributed by atoms with Gasteiger partial charge in [0.25, 0.3) is 0 Å². The van der Waals surface area contributed by atoms with Gasteiger partial charge in [0, 0.05) is 65.5 Å². The number of furan rings is 2. The summed E-state index contributed by atoms with van der Waals surface area (Å²) in [4.78, 5) is 2.30. The number of rotatable bonds is 8. The maximum absolute atomic E-state index is 10.6. The molecule has 0 atom stereocenters. The van der Waals surface area contributed by atoms with Crippen LogP contribution in [0, 0.1) is 0 Å². The Bertz CT molecular complexity index is 5030. The van der Waals surface area contributed by atoms with Gasteiger partial charge in [-0.1, -0.05) is 194 Å². The lowest BCUT2D eigenvalue weighted by molar-refractivity contribution is 0.590. The van der Waals surface area contributed by atoms with E-state index in [0.29, 0.717) is 0 Å². The van der Waals surface area contributed by atoms with Crippen molar-refractivity contribution in [3.05, 3.63) is 214 Å². The summed E-state index contributed by atoms with van der Waals surface area (Å²) in [5.74, 6) is 0. The number of para-hydroxylation sites is 2. The second-order valence-corrected chi connectivity index (χ2v) is 20.9. The first-order valence-electron chi connectivity index (χ1n) is 35.7. The van der Waals surface area contributed by atoms with Crippen LogP contribution in [0.2, 0.25) is 10.0 Å². The van der Waals surface area contributed by atoms with E-state index in [0.717, 1.165) is 21.9 Å². The van der Waals surface area contributed by atoms with Crippen LogP contribution < -0.4 is 9.80 Å². The summed E-state index contributed by atoms with van der Waals surface area (Å²) in [7, 11) is 0. The van der Waals surface area contributed by atoms with Gasteiger partial charge in [-0.15, -0.1) is 0 Å². The second-order valence-electron chi connectivity index (χ2n) is 20.1. The highest BCUT2D eigenvalue weighted by molar-refractivity contribution is 6.31. The summed E-state index contributed by atoms with van der Waals surface area (Å²) in [6.07, 6.45) is 0. The van der Waals surface area contributed by atoms with Crippen molar-refractivity contribution >= 4 is 101 Å². The molecule has 11 aromatic rings. The third-order valence-corrected chi connectivity index (χ3v) is 12.4. The Kier molecular flexibility index (Phi) is 6.41. The van der Waals surface area contributed by atoms with Gasteiger partial charge in [0.2, 0.25) is 0 Å². The van der Waals surface area contributed by atoms with Gasteiger partial charge in [-0.2, -0.15) is 0 Å². The van der Waals surface area contributed by atoms with Crippen LogP contribution in [0.5, 0.6) is 0 Å². The molecule has 0 unspecified atom stereocenters. The molecule has 0 radical (unpaired) electrons. The Balaban J connectivity index is 1.50. The van der Waals surface area contributed by atoms with Crippen LogP contribution >= 0.6 is 23.2 Å². The smallest absolute Gasteiger partial charge is 0.160 e. The van der Waals surface area contributed by atoms with Crippen molar-refractivity contribution < 1.29 is 44.5 Å². The zero-order chi connectivity index (χ0) is 72.9. The molecule has 0 amide bonds. The SMILES string of the molecule is [2H]c1cc(N(c2cc(N(c3cc([2H])c([2H])c(Cl)c3[2H])c3c(-c4c([2H])c([2H])c([2H])c([2H])c4[2H])c([2H])c(C(C)(C)C)c4c3oc3c([2H])c([2H])c([2H])c([2H])c34)cc(C(C)(C)C)c2)c2c(-c3c([2H])c([2H])c([2H])c([2H])c3[2H])c([2H])c(C(C)(C)C)c3c2oc2c([2H])c([2H])c([2H])c([2H])c23)c([2H])c(Cl)c1[2H]. The van der Waals surface area contributed by atoms with Crippen LogP contribution in [0.15, 0.2) is 196 Å². The van der Waals surface area contributed by atoms with Crippen molar-refractivity contribution in [2.75, 3.05) is 9.80 Å². The average molecular weight is 1010 g/mol. The predicted octanol–water partition coefficient (Wildman–Crippen LogP) is 21.0. The molecule has 0 saturated carbocycles. The summed E-state index contributed by atoms with van der Waals surface area (Å²) in [5.41, 5.74) is -10.3. The molecule has 0 aliphatic carbocycles. The van der Waals surface area contributed by atoms with Crippen LogP contribution in [0.1, 0.15) is 115 Å². The molecule has 6 heteroatoms. The molecule has 72 heavy (non-hydrogen) atoms. The van der Waals surface area contributed by atoms with Gasteiger partial charge in [0.05, 0.1) is 47.0 Å². The van der Waals surface area contributed by atoms with Crippen molar-refractivity contribution in [2.24, 2.45) is 0 Å². The average Bonchev–Trinajstić information content (AvgIpc) is 1.48. The Labute approximate surface area is 469 Å². The van der Waals surface area contributed by atoms with Crippen molar-refractivity contribution in [2.45, 2.75) is 78.6 Å². The zero-order valence-electron chi connectivity index (χ0n) is 66.4. The molecule has 0 saturated heterocycles. The van der Waals surface area contributed by atoms with Crippen LogP contribution in [-0.4, -0.2) is 0 Å². The van der Waals surface area contributed by atoms with Crippen molar-refractivity contribution in [3.8, 4) is 22.3 Å². The van der Waals surface area contributed by atoms with Gasteiger partial charge in [-0.25, -0.2) is 0 Å². The van der Waals surface area contributed by atoms with E-state index < -0.39 is 251 Å². The number of fused-ring (bicyclic) bond motifs is 6. The highest BCUT2D eigenvalue weighted by Crippen LogP contribution is 2.55. The largest absolute Gasteiger partial charge is 0.454 e. The van der Waals surface area contributed by atoms with Crippen LogP contribution in [0.4, 0.5) is 34.1 Å². The molecule has 11 rings (SSSR count). The van der Waals surface area contributed by atoms with Gasteiger partial charge >= 0.3 is 0 Å². The van der Waals surface area contributed by atoms with E-state index in [2.05, 4.69) is 0 Å². The summed E-state index contributed by atoms with van der Waals surface area (Å²) in [6.45, 7) is 15.2. The molecule has 358 valence electrons. The third kappa shape index (κ3) is 8.41. The first kappa shape index (κ1) is 25.9. The molecular weight excluding hydrogens is 924 g/mol.